The normalized spacial score (nSPS) is 11.6. The van der Waals surface area contributed by atoms with Gasteiger partial charge in [0.2, 0.25) is 0 Å². The quantitative estimate of drug-likeness (QED) is 0.686. The van der Waals surface area contributed by atoms with Crippen molar-refractivity contribution in [1.29, 1.82) is 0 Å². The largest absolute Gasteiger partial charge is 0.484 e. The molecule has 0 radical (unpaired) electrons. The number of amides is 1. The molecule has 0 aliphatic rings. The predicted octanol–water partition coefficient (Wildman–Crippen LogP) is 5.23. The van der Waals surface area contributed by atoms with E-state index in [2.05, 4.69) is 50.1 Å². The summed E-state index contributed by atoms with van der Waals surface area (Å²) in [5, 5.41) is 3.43. The predicted molar refractivity (Wildman–Crippen MR) is 108 cm³/mol. The number of thiazole rings is 1. The van der Waals surface area contributed by atoms with Crippen molar-refractivity contribution in [3.05, 3.63) is 53.1 Å². The van der Waals surface area contributed by atoms with Crippen LogP contribution >= 0.6 is 11.3 Å². The minimum atomic E-state index is -0.210. The molecule has 0 aliphatic carbocycles. The van der Waals surface area contributed by atoms with Crippen LogP contribution in [0.2, 0.25) is 0 Å². The van der Waals surface area contributed by atoms with E-state index in [0.29, 0.717) is 10.9 Å². The van der Waals surface area contributed by atoms with E-state index in [9.17, 15) is 4.79 Å². The van der Waals surface area contributed by atoms with Gasteiger partial charge in [-0.05, 0) is 54.2 Å². The van der Waals surface area contributed by atoms with Crippen molar-refractivity contribution in [2.24, 2.45) is 0 Å². The summed E-state index contributed by atoms with van der Waals surface area (Å²) in [6.07, 6.45) is 0. The van der Waals surface area contributed by atoms with E-state index in [4.69, 9.17) is 4.74 Å². The highest BCUT2D eigenvalue weighted by Gasteiger charge is 2.14. The van der Waals surface area contributed by atoms with Gasteiger partial charge in [-0.25, -0.2) is 4.98 Å². The van der Waals surface area contributed by atoms with Crippen LogP contribution in [0.15, 0.2) is 36.4 Å². The van der Waals surface area contributed by atoms with E-state index >= 15 is 0 Å². The second-order valence-electron chi connectivity index (χ2n) is 7.56. The number of anilines is 1. The highest BCUT2D eigenvalue weighted by Crippen LogP contribution is 2.29. The number of carbonyl (C=O) groups is 1. The molecule has 26 heavy (non-hydrogen) atoms. The number of nitrogens with zero attached hydrogens (tertiary/aromatic N) is 1. The molecule has 5 heteroatoms. The monoisotopic (exact) mass is 368 g/mol. The Hall–Kier alpha value is -2.40. The van der Waals surface area contributed by atoms with Crippen LogP contribution in [-0.2, 0) is 10.2 Å². The Morgan fingerprint density at radius 3 is 2.50 bits per heavy atom. The molecule has 0 atom stereocenters. The molecule has 1 N–H and O–H groups in total. The maximum Gasteiger partial charge on any atom is 0.264 e. The smallest absolute Gasteiger partial charge is 0.264 e. The standard InChI is InChI=1S/C21H24N2O2S/c1-13-10-14(2)19-17(11-13)26-20(23-19)22-18(24)12-25-16-8-6-15(7-9-16)21(3,4)5/h6-11H,12H2,1-5H3,(H,22,23,24). The summed E-state index contributed by atoms with van der Waals surface area (Å²) in [7, 11) is 0. The van der Waals surface area contributed by atoms with E-state index in [-0.39, 0.29) is 17.9 Å². The molecule has 1 aromatic heterocycles. The molecule has 0 bridgehead atoms. The topological polar surface area (TPSA) is 51.2 Å². The first-order chi connectivity index (χ1) is 12.2. The second-order valence-corrected chi connectivity index (χ2v) is 8.59. The zero-order chi connectivity index (χ0) is 18.9. The molecule has 0 spiro atoms. The summed E-state index contributed by atoms with van der Waals surface area (Å²) in [5.41, 5.74) is 4.58. The first-order valence-electron chi connectivity index (χ1n) is 8.63. The third kappa shape index (κ3) is 4.22. The van der Waals surface area contributed by atoms with Gasteiger partial charge in [-0.2, -0.15) is 0 Å². The second kappa shape index (κ2) is 7.08. The van der Waals surface area contributed by atoms with Crippen molar-refractivity contribution in [3.63, 3.8) is 0 Å². The number of benzene rings is 2. The Kier molecular flexibility index (Phi) is 5.01. The summed E-state index contributed by atoms with van der Waals surface area (Å²) >= 11 is 1.48. The molecule has 3 aromatic rings. The number of fused-ring (bicyclic) bond motifs is 1. The number of nitrogens with one attached hydrogen (secondary N) is 1. The Bertz CT molecular complexity index is 937. The van der Waals surface area contributed by atoms with Gasteiger partial charge in [-0.1, -0.05) is 50.3 Å². The van der Waals surface area contributed by atoms with Crippen molar-refractivity contribution in [3.8, 4) is 5.75 Å². The molecule has 0 aliphatic heterocycles. The van der Waals surface area contributed by atoms with Crippen LogP contribution in [0.1, 0.15) is 37.5 Å². The van der Waals surface area contributed by atoms with Crippen molar-refractivity contribution in [1.82, 2.24) is 4.98 Å². The van der Waals surface area contributed by atoms with E-state index in [0.717, 1.165) is 15.8 Å². The number of carbonyl (C=O) groups excluding carboxylic acids is 1. The van der Waals surface area contributed by atoms with Crippen LogP contribution in [0.4, 0.5) is 5.13 Å². The zero-order valence-electron chi connectivity index (χ0n) is 15.8. The summed E-state index contributed by atoms with van der Waals surface area (Å²) in [5.74, 6) is 0.474. The number of ether oxygens (including phenoxy) is 1. The average Bonchev–Trinajstić information content (AvgIpc) is 2.95. The fourth-order valence-corrected chi connectivity index (χ4v) is 3.84. The van der Waals surface area contributed by atoms with Crippen molar-refractivity contribution in [2.45, 2.75) is 40.0 Å². The van der Waals surface area contributed by atoms with Gasteiger partial charge in [0.1, 0.15) is 5.75 Å². The van der Waals surface area contributed by atoms with Gasteiger partial charge >= 0.3 is 0 Å². The van der Waals surface area contributed by atoms with Gasteiger partial charge in [0.05, 0.1) is 10.2 Å². The van der Waals surface area contributed by atoms with Crippen molar-refractivity contribution in [2.75, 3.05) is 11.9 Å². The molecular formula is C21H24N2O2S. The summed E-state index contributed by atoms with van der Waals surface area (Å²) < 4.78 is 6.67. The lowest BCUT2D eigenvalue weighted by atomic mass is 9.87. The Morgan fingerprint density at radius 2 is 1.85 bits per heavy atom. The van der Waals surface area contributed by atoms with E-state index in [1.807, 2.05) is 31.2 Å². The molecular weight excluding hydrogens is 344 g/mol. The zero-order valence-corrected chi connectivity index (χ0v) is 16.7. The fraction of sp³-hybridized carbons (Fsp3) is 0.333. The van der Waals surface area contributed by atoms with E-state index in [1.165, 1.54) is 22.5 Å². The molecule has 3 rings (SSSR count). The van der Waals surface area contributed by atoms with Gasteiger partial charge < -0.3 is 4.74 Å². The van der Waals surface area contributed by atoms with Crippen molar-refractivity contribution < 1.29 is 9.53 Å². The number of hydrogen-bond donors (Lipinski definition) is 1. The summed E-state index contributed by atoms with van der Waals surface area (Å²) in [6, 6.07) is 12.0. The molecule has 1 amide bonds. The van der Waals surface area contributed by atoms with E-state index < -0.39 is 0 Å². The first-order valence-corrected chi connectivity index (χ1v) is 9.45. The molecule has 136 valence electrons. The highest BCUT2D eigenvalue weighted by molar-refractivity contribution is 7.22. The lowest BCUT2D eigenvalue weighted by molar-refractivity contribution is -0.118. The van der Waals surface area contributed by atoms with Crippen LogP contribution in [0.3, 0.4) is 0 Å². The molecule has 4 nitrogen and oxygen atoms in total. The van der Waals surface area contributed by atoms with Gasteiger partial charge in [0.15, 0.2) is 11.7 Å². The molecule has 2 aromatic carbocycles. The Morgan fingerprint density at radius 1 is 1.15 bits per heavy atom. The van der Waals surface area contributed by atoms with Crippen molar-refractivity contribution >= 4 is 32.6 Å². The maximum absolute atomic E-state index is 12.2. The SMILES string of the molecule is Cc1cc(C)c2nc(NC(=O)COc3ccc(C(C)(C)C)cc3)sc2c1. The lowest BCUT2D eigenvalue weighted by Gasteiger charge is -2.19. The number of hydrogen-bond acceptors (Lipinski definition) is 4. The molecule has 1 heterocycles. The summed E-state index contributed by atoms with van der Waals surface area (Å²) in [4.78, 5) is 16.7. The number of rotatable bonds is 4. The Labute approximate surface area is 158 Å². The third-order valence-electron chi connectivity index (χ3n) is 4.17. The molecule has 0 unspecified atom stereocenters. The van der Waals surface area contributed by atoms with Gasteiger partial charge in [-0.3, -0.25) is 10.1 Å². The van der Waals surface area contributed by atoms with Gasteiger partial charge in [0, 0.05) is 0 Å². The number of aryl methyl sites for hydroxylation is 2. The summed E-state index contributed by atoms with van der Waals surface area (Å²) in [6.45, 7) is 10.5. The molecule has 0 saturated heterocycles. The van der Waals surface area contributed by atoms with Crippen LogP contribution < -0.4 is 10.1 Å². The Balaban J connectivity index is 1.61. The minimum absolute atomic E-state index is 0.0389. The number of aromatic nitrogens is 1. The van der Waals surface area contributed by atoms with E-state index in [1.54, 1.807) is 0 Å². The first kappa shape index (κ1) is 18.4. The van der Waals surface area contributed by atoms with Crippen LogP contribution in [-0.4, -0.2) is 17.5 Å². The minimum Gasteiger partial charge on any atom is -0.484 e. The fourth-order valence-electron chi connectivity index (χ4n) is 2.78. The average molecular weight is 369 g/mol. The molecule has 0 saturated carbocycles. The van der Waals surface area contributed by atoms with Gasteiger partial charge in [-0.15, -0.1) is 0 Å². The lowest BCUT2D eigenvalue weighted by Crippen LogP contribution is -2.20. The third-order valence-corrected chi connectivity index (χ3v) is 5.08. The van der Waals surface area contributed by atoms with Crippen LogP contribution in [0.5, 0.6) is 5.75 Å². The maximum atomic E-state index is 12.2. The molecule has 0 fully saturated rings. The van der Waals surface area contributed by atoms with Crippen LogP contribution in [0, 0.1) is 13.8 Å². The highest BCUT2D eigenvalue weighted by atomic mass is 32.1. The van der Waals surface area contributed by atoms with Crippen LogP contribution in [0.25, 0.3) is 10.2 Å². The van der Waals surface area contributed by atoms with Gasteiger partial charge in [0.25, 0.3) is 5.91 Å².